The van der Waals surface area contributed by atoms with Crippen LogP contribution in [-0.4, -0.2) is 17.0 Å². The van der Waals surface area contributed by atoms with Crippen LogP contribution in [0.4, 0.5) is 23.3 Å². The Morgan fingerprint density at radius 1 is 1.22 bits per heavy atom. The van der Waals surface area contributed by atoms with Crippen LogP contribution in [0, 0.1) is 3.57 Å². The maximum atomic E-state index is 5.90. The Labute approximate surface area is 123 Å². The number of nitrogens with two attached hydrogens (primary N) is 1. The first-order chi connectivity index (χ1) is 8.58. The molecule has 0 aliphatic heterocycles. The molecule has 0 radical (unpaired) electrons. The van der Waals surface area contributed by atoms with Gasteiger partial charge in [0.15, 0.2) is 0 Å². The molecule has 5 nitrogen and oxygen atoms in total. The predicted molar refractivity (Wildman–Crippen MR) is 83.4 cm³/mol. The van der Waals surface area contributed by atoms with E-state index in [-0.39, 0.29) is 5.95 Å². The minimum atomic E-state index is 0.216. The molecule has 0 aliphatic rings. The number of nitrogens with zero attached hydrogens (tertiary/aromatic N) is 2. The van der Waals surface area contributed by atoms with Crippen molar-refractivity contribution in [2.75, 3.05) is 23.4 Å². The van der Waals surface area contributed by atoms with E-state index in [1.54, 1.807) is 13.1 Å². The second kappa shape index (κ2) is 5.57. The number of anilines is 4. The van der Waals surface area contributed by atoms with Crippen molar-refractivity contribution < 1.29 is 0 Å². The number of hydrogen-bond acceptors (Lipinski definition) is 5. The molecule has 18 heavy (non-hydrogen) atoms. The highest BCUT2D eigenvalue weighted by Crippen LogP contribution is 2.25. The van der Waals surface area contributed by atoms with Crippen LogP contribution in [0.25, 0.3) is 0 Å². The molecule has 0 saturated carbocycles. The first-order valence-corrected chi connectivity index (χ1v) is 6.58. The zero-order valence-electron chi connectivity index (χ0n) is 9.54. The van der Waals surface area contributed by atoms with Crippen molar-refractivity contribution in [2.45, 2.75) is 0 Å². The quantitative estimate of drug-likeness (QED) is 0.719. The van der Waals surface area contributed by atoms with E-state index in [0.717, 1.165) is 9.26 Å². The highest BCUT2D eigenvalue weighted by atomic mass is 127. The molecule has 1 aromatic heterocycles. The summed E-state index contributed by atoms with van der Waals surface area (Å²) >= 11 is 8.11. The Bertz CT molecular complexity index is 575. The van der Waals surface area contributed by atoms with Crippen LogP contribution in [0.5, 0.6) is 0 Å². The molecule has 0 spiro atoms. The topological polar surface area (TPSA) is 75.9 Å². The molecule has 2 aromatic rings. The molecule has 0 atom stereocenters. The van der Waals surface area contributed by atoms with E-state index < -0.39 is 0 Å². The third-order valence-electron chi connectivity index (χ3n) is 2.19. The van der Waals surface area contributed by atoms with Crippen molar-refractivity contribution >= 4 is 57.5 Å². The second-order valence-corrected chi connectivity index (χ2v) is 5.09. The predicted octanol–water partition coefficient (Wildman–Crippen LogP) is 3.10. The fourth-order valence-electron chi connectivity index (χ4n) is 1.39. The zero-order chi connectivity index (χ0) is 13.1. The van der Waals surface area contributed by atoms with Crippen LogP contribution in [0.15, 0.2) is 24.3 Å². The number of benzene rings is 1. The van der Waals surface area contributed by atoms with Crippen molar-refractivity contribution in [1.29, 1.82) is 0 Å². The molecule has 0 amide bonds. The van der Waals surface area contributed by atoms with Crippen molar-refractivity contribution in [2.24, 2.45) is 0 Å². The van der Waals surface area contributed by atoms with E-state index in [4.69, 9.17) is 17.3 Å². The lowest BCUT2D eigenvalue weighted by molar-refractivity contribution is 1.17. The van der Waals surface area contributed by atoms with E-state index in [1.807, 2.05) is 18.2 Å². The van der Waals surface area contributed by atoms with E-state index in [0.29, 0.717) is 16.7 Å². The smallest absolute Gasteiger partial charge is 0.223 e. The van der Waals surface area contributed by atoms with E-state index in [1.165, 1.54) is 0 Å². The SMILES string of the molecule is CNc1cc(Nc2ccc(Cl)cc2I)nc(N)n1. The summed E-state index contributed by atoms with van der Waals surface area (Å²) in [6.07, 6.45) is 0. The van der Waals surface area contributed by atoms with Crippen molar-refractivity contribution in [3.8, 4) is 0 Å². The Kier molecular flexibility index (Phi) is 4.07. The molecule has 94 valence electrons. The summed E-state index contributed by atoms with van der Waals surface area (Å²) in [4.78, 5) is 8.14. The van der Waals surface area contributed by atoms with Crippen LogP contribution < -0.4 is 16.4 Å². The molecule has 0 saturated heterocycles. The Balaban J connectivity index is 2.30. The molecular formula is C11H11ClIN5. The van der Waals surface area contributed by atoms with Gasteiger partial charge in [-0.3, -0.25) is 0 Å². The number of halogens is 2. The minimum Gasteiger partial charge on any atom is -0.373 e. The van der Waals surface area contributed by atoms with Gasteiger partial charge in [-0.1, -0.05) is 11.6 Å². The van der Waals surface area contributed by atoms with Crippen molar-refractivity contribution in [3.05, 3.63) is 32.9 Å². The largest absolute Gasteiger partial charge is 0.373 e. The van der Waals surface area contributed by atoms with Crippen LogP contribution in [-0.2, 0) is 0 Å². The third-order valence-corrected chi connectivity index (χ3v) is 3.32. The molecule has 0 bridgehead atoms. The average molecular weight is 376 g/mol. The van der Waals surface area contributed by atoms with Crippen LogP contribution in [0.1, 0.15) is 0 Å². The van der Waals surface area contributed by atoms with Gasteiger partial charge in [-0.05, 0) is 40.8 Å². The first kappa shape index (κ1) is 13.2. The monoisotopic (exact) mass is 375 g/mol. The van der Waals surface area contributed by atoms with Crippen LogP contribution >= 0.6 is 34.2 Å². The van der Waals surface area contributed by atoms with E-state index in [9.17, 15) is 0 Å². The van der Waals surface area contributed by atoms with Gasteiger partial charge in [0, 0.05) is 21.7 Å². The molecule has 4 N–H and O–H groups in total. The number of hydrogen-bond donors (Lipinski definition) is 3. The lowest BCUT2D eigenvalue weighted by atomic mass is 10.3. The van der Waals surface area contributed by atoms with Gasteiger partial charge in [0.05, 0.1) is 5.69 Å². The molecule has 2 rings (SSSR count). The van der Waals surface area contributed by atoms with Crippen LogP contribution in [0.3, 0.4) is 0 Å². The molecule has 1 aromatic carbocycles. The molecule has 0 fully saturated rings. The Hall–Kier alpha value is -1.28. The van der Waals surface area contributed by atoms with Gasteiger partial charge in [0.2, 0.25) is 5.95 Å². The molecule has 0 unspecified atom stereocenters. The fourth-order valence-corrected chi connectivity index (χ4v) is 2.39. The summed E-state index contributed by atoms with van der Waals surface area (Å²) in [5.74, 6) is 1.51. The highest BCUT2D eigenvalue weighted by molar-refractivity contribution is 14.1. The number of rotatable bonds is 3. The van der Waals surface area contributed by atoms with Gasteiger partial charge in [0.1, 0.15) is 11.6 Å². The van der Waals surface area contributed by atoms with Gasteiger partial charge in [-0.15, -0.1) is 0 Å². The molecular weight excluding hydrogens is 365 g/mol. The van der Waals surface area contributed by atoms with Crippen molar-refractivity contribution in [1.82, 2.24) is 9.97 Å². The molecule has 7 heteroatoms. The van der Waals surface area contributed by atoms with Gasteiger partial charge < -0.3 is 16.4 Å². The first-order valence-electron chi connectivity index (χ1n) is 5.13. The maximum Gasteiger partial charge on any atom is 0.223 e. The summed E-state index contributed by atoms with van der Waals surface area (Å²) in [6.45, 7) is 0. The van der Waals surface area contributed by atoms with Gasteiger partial charge in [-0.25, -0.2) is 0 Å². The van der Waals surface area contributed by atoms with E-state index in [2.05, 4.69) is 43.2 Å². The molecule has 1 heterocycles. The number of aromatic nitrogens is 2. The number of nitrogens with one attached hydrogen (secondary N) is 2. The summed E-state index contributed by atoms with van der Waals surface area (Å²) in [5, 5.41) is 6.80. The fraction of sp³-hybridized carbons (Fsp3) is 0.0909. The van der Waals surface area contributed by atoms with E-state index >= 15 is 0 Å². The van der Waals surface area contributed by atoms with Crippen LogP contribution in [0.2, 0.25) is 5.02 Å². The summed E-state index contributed by atoms with van der Waals surface area (Å²) in [6, 6.07) is 7.35. The summed E-state index contributed by atoms with van der Waals surface area (Å²) in [7, 11) is 1.78. The van der Waals surface area contributed by atoms with Gasteiger partial charge in [-0.2, -0.15) is 9.97 Å². The third kappa shape index (κ3) is 3.14. The Morgan fingerprint density at radius 3 is 2.61 bits per heavy atom. The maximum absolute atomic E-state index is 5.90. The number of nitrogen functional groups attached to an aromatic ring is 1. The second-order valence-electron chi connectivity index (χ2n) is 3.50. The summed E-state index contributed by atoms with van der Waals surface area (Å²) < 4.78 is 1.00. The highest BCUT2D eigenvalue weighted by Gasteiger charge is 2.04. The minimum absolute atomic E-state index is 0.216. The van der Waals surface area contributed by atoms with Gasteiger partial charge in [0.25, 0.3) is 0 Å². The summed E-state index contributed by atoms with van der Waals surface area (Å²) in [5.41, 5.74) is 6.54. The lowest BCUT2D eigenvalue weighted by Crippen LogP contribution is -2.03. The Morgan fingerprint density at radius 2 is 1.94 bits per heavy atom. The van der Waals surface area contributed by atoms with Gasteiger partial charge >= 0.3 is 0 Å². The lowest BCUT2D eigenvalue weighted by Gasteiger charge is -2.09. The molecule has 0 aliphatic carbocycles. The normalized spacial score (nSPS) is 10.2. The average Bonchev–Trinajstić information content (AvgIpc) is 2.32. The zero-order valence-corrected chi connectivity index (χ0v) is 12.5. The standard InChI is InChI=1S/C11H11ClIN5/c1-15-9-5-10(18-11(14)17-9)16-8-3-2-6(12)4-7(8)13/h2-5H,1H3,(H4,14,15,16,17,18). The van der Waals surface area contributed by atoms with Crippen molar-refractivity contribution in [3.63, 3.8) is 0 Å².